The molecule has 9 aromatic carbocycles. The monoisotopic (exact) mass is 1000 g/mol. The van der Waals surface area contributed by atoms with Crippen molar-refractivity contribution in [3.8, 4) is 23.0 Å². The van der Waals surface area contributed by atoms with Crippen LogP contribution in [-0.2, 0) is 0 Å². The molecule has 348 valence electrons. The minimum Gasteiger partial charge on any atom is -0.458 e. The van der Waals surface area contributed by atoms with Crippen LogP contribution < -0.4 is 76.7 Å². The molecule has 8 heterocycles. The van der Waals surface area contributed by atoms with Gasteiger partial charge >= 0.3 is 0 Å². The Morgan fingerprint density at radius 1 is 0.432 bits per heavy atom. The third-order valence-corrected chi connectivity index (χ3v) is 19.5. The second kappa shape index (κ2) is 14.9. The van der Waals surface area contributed by atoms with E-state index in [0.717, 1.165) is 56.5 Å². The molecule has 6 aliphatic heterocycles. The van der Waals surface area contributed by atoms with Crippen molar-refractivity contribution in [3.63, 3.8) is 0 Å². The fourth-order valence-corrected chi connectivity index (χ4v) is 16.8. The highest BCUT2D eigenvalue weighted by atomic mass is 32.2. The Morgan fingerprint density at radius 3 is 1.57 bits per heavy atom. The van der Waals surface area contributed by atoms with Gasteiger partial charge in [0.2, 0.25) is 0 Å². The highest BCUT2D eigenvalue weighted by Gasteiger charge is 2.50. The van der Waals surface area contributed by atoms with Crippen molar-refractivity contribution < 1.29 is 9.47 Å². The third kappa shape index (κ3) is 5.50. The van der Waals surface area contributed by atoms with Gasteiger partial charge in [-0.15, -0.1) is 22.7 Å². The predicted molar refractivity (Wildman–Crippen MR) is 320 cm³/mol. The zero-order valence-electron chi connectivity index (χ0n) is 40.8. The molecule has 2 aromatic heterocycles. The molecule has 1 N–H and O–H groups in total. The van der Waals surface area contributed by atoms with Gasteiger partial charge in [0.1, 0.15) is 23.0 Å². The predicted octanol–water partition coefficient (Wildman–Crippen LogP) is 11.2. The van der Waals surface area contributed by atoms with Crippen LogP contribution in [0.15, 0.2) is 170 Å². The highest BCUT2D eigenvalue weighted by molar-refractivity contribution is 8.00. The van der Waals surface area contributed by atoms with Gasteiger partial charge in [-0.1, -0.05) is 84.9 Å². The first kappa shape index (κ1) is 41.7. The van der Waals surface area contributed by atoms with Gasteiger partial charge in [0.15, 0.2) is 0 Å². The maximum atomic E-state index is 7.22. The van der Waals surface area contributed by atoms with E-state index >= 15 is 0 Å². The molecule has 0 saturated carbocycles. The molecular weight excluding hydrogens is 961 g/mol. The number of fused-ring (bicyclic) bond motifs is 16. The average molecular weight is 1000 g/mol. The number of thiophene rings is 2. The number of nitrogens with zero attached hydrogens (tertiary/aromatic N) is 3. The zero-order chi connectivity index (χ0) is 48.8. The second-order valence-corrected chi connectivity index (χ2v) is 23.5. The van der Waals surface area contributed by atoms with Crippen LogP contribution in [-0.4, -0.2) is 26.4 Å². The van der Waals surface area contributed by atoms with Crippen molar-refractivity contribution in [1.82, 2.24) is 0 Å². The zero-order valence-corrected chi connectivity index (χ0v) is 43.2. The van der Waals surface area contributed by atoms with E-state index in [2.05, 4.69) is 216 Å². The van der Waals surface area contributed by atoms with Crippen molar-refractivity contribution in [2.24, 2.45) is 0 Å². The van der Waals surface area contributed by atoms with Crippen LogP contribution in [0.4, 0.5) is 56.9 Å². The number of hydrogen-bond donors (Lipinski definition) is 1. The molecule has 0 bridgehead atoms. The number of aryl methyl sites for hydroxylation is 3. The third-order valence-electron chi connectivity index (χ3n) is 16.3. The summed E-state index contributed by atoms with van der Waals surface area (Å²) in [6.45, 7) is 6.43. The van der Waals surface area contributed by atoms with E-state index in [-0.39, 0.29) is 20.1 Å². The van der Waals surface area contributed by atoms with Gasteiger partial charge in [0, 0.05) is 87.7 Å². The minimum atomic E-state index is -0.151. The molecular formula is C62H41B3N4O2S3. The first-order valence-corrected chi connectivity index (χ1v) is 28.2. The number of rotatable bonds is 3. The highest BCUT2D eigenvalue weighted by Crippen LogP contribution is 2.50. The van der Waals surface area contributed by atoms with E-state index in [9.17, 15) is 0 Å². The Labute approximate surface area is 442 Å². The van der Waals surface area contributed by atoms with Crippen LogP contribution in [0.25, 0.3) is 20.2 Å². The molecule has 74 heavy (non-hydrogen) atoms. The maximum absolute atomic E-state index is 7.22. The van der Waals surface area contributed by atoms with Crippen molar-refractivity contribution in [3.05, 3.63) is 187 Å². The summed E-state index contributed by atoms with van der Waals surface area (Å²) in [6, 6.07) is 63.4. The lowest BCUT2D eigenvalue weighted by atomic mass is 9.31. The van der Waals surface area contributed by atoms with E-state index in [1.807, 2.05) is 22.7 Å². The van der Waals surface area contributed by atoms with Crippen molar-refractivity contribution in [2.75, 3.05) is 25.7 Å². The molecule has 6 nitrogen and oxygen atoms in total. The number of ether oxygens (including phenoxy) is 2. The van der Waals surface area contributed by atoms with E-state index in [1.54, 1.807) is 11.9 Å². The van der Waals surface area contributed by atoms with E-state index in [0.29, 0.717) is 0 Å². The number of benzene rings is 9. The van der Waals surface area contributed by atoms with Crippen molar-refractivity contribution >= 4 is 180 Å². The summed E-state index contributed by atoms with van der Waals surface area (Å²) in [5, 5.41) is 6.57. The van der Waals surface area contributed by atoms with Crippen LogP contribution in [0, 0.1) is 20.8 Å². The minimum absolute atomic E-state index is 0.00839. The fraction of sp³-hybridized carbons (Fsp3) is 0.0645. The number of hydrogen-bond acceptors (Lipinski definition) is 9. The summed E-state index contributed by atoms with van der Waals surface area (Å²) >= 11 is 5.63. The van der Waals surface area contributed by atoms with E-state index < -0.39 is 0 Å². The summed E-state index contributed by atoms with van der Waals surface area (Å²) in [5.74, 6) is 3.48. The van der Waals surface area contributed by atoms with Crippen molar-refractivity contribution in [2.45, 2.75) is 20.8 Å². The quantitative estimate of drug-likeness (QED) is 0.140. The van der Waals surface area contributed by atoms with Gasteiger partial charge in [-0.25, -0.2) is 0 Å². The smallest absolute Gasteiger partial charge is 0.264 e. The lowest BCUT2D eigenvalue weighted by Crippen LogP contribution is -2.64. The van der Waals surface area contributed by atoms with Crippen LogP contribution >= 0.6 is 34.6 Å². The number of nitrogens with one attached hydrogen (secondary N) is 1. The van der Waals surface area contributed by atoms with Crippen LogP contribution in [0.5, 0.6) is 23.0 Å². The summed E-state index contributed by atoms with van der Waals surface area (Å²) in [5.41, 5.74) is 24.1. The molecule has 12 heteroatoms. The number of para-hydroxylation sites is 2. The maximum Gasteiger partial charge on any atom is 0.264 e. The van der Waals surface area contributed by atoms with Gasteiger partial charge < -0.3 is 24.6 Å². The Kier molecular flexibility index (Phi) is 8.42. The van der Waals surface area contributed by atoms with Gasteiger partial charge in [0.25, 0.3) is 20.1 Å². The Hall–Kier alpha value is -7.76. The molecule has 0 radical (unpaired) electrons. The van der Waals surface area contributed by atoms with Crippen molar-refractivity contribution in [1.29, 1.82) is 0 Å². The standard InChI is InChI=1S/C62H41B3N4O2S3/c1-33-23-45-56-47(24-33)67(36-15-7-5-8-16-36)59-38-19-11-13-21-54(38)73-61(59)64(56)40-29-42-50(31-44(40)66-45)70-52-27-35(3)28-53-58(52)63(42)43-30-41-46(32-51(43)71-53)69(72-4)49-26-34(2)25-48-57(49)65(41)62-60(39-20-12-14-22-55(39)74-62)68(48)37-17-9-6-10-18-37/h5-32,66H,1-4H3. The van der Waals surface area contributed by atoms with E-state index in [4.69, 9.17) is 9.47 Å². The lowest BCUT2D eigenvalue weighted by molar-refractivity contribution is 0.464. The molecule has 0 unspecified atom stereocenters. The number of anilines is 10. The van der Waals surface area contributed by atoms with Crippen LogP contribution in [0.2, 0.25) is 0 Å². The molecule has 0 atom stereocenters. The van der Waals surface area contributed by atoms with Crippen LogP contribution in [0.1, 0.15) is 16.7 Å². The average Bonchev–Trinajstić information content (AvgIpc) is 4.05. The summed E-state index contributed by atoms with van der Waals surface area (Å²) in [6.07, 6.45) is 2.20. The normalized spacial score (nSPS) is 14.4. The van der Waals surface area contributed by atoms with Crippen LogP contribution in [0.3, 0.4) is 0 Å². The summed E-state index contributed by atoms with van der Waals surface area (Å²) in [4.78, 5) is 5.05. The SMILES string of the molecule is CSN1c2cc3c(cc2B2c4sc5ccccc5c4N(c4ccccc4)c4cc(C)cc1c42)B1c2cc4c(cc2Oc2cc(C)cc(c21)O3)Nc1cc(C)cc2c1B4c1sc3ccccc3c1N2c1ccccc1. The first-order chi connectivity index (χ1) is 36.4. The largest absolute Gasteiger partial charge is 0.458 e. The summed E-state index contributed by atoms with van der Waals surface area (Å²) < 4.78 is 22.1. The van der Waals surface area contributed by atoms with E-state index in [1.165, 1.54) is 108 Å². The molecule has 11 aromatic rings. The molecule has 0 amide bonds. The Balaban J connectivity index is 0.912. The first-order valence-electron chi connectivity index (χ1n) is 25.4. The molecule has 6 aliphatic rings. The fourth-order valence-electron chi connectivity index (χ4n) is 13.5. The Morgan fingerprint density at radius 2 is 0.946 bits per heavy atom. The molecule has 0 saturated heterocycles. The lowest BCUT2D eigenvalue weighted by Gasteiger charge is -2.43. The molecule has 0 spiro atoms. The molecule has 0 fully saturated rings. The van der Waals surface area contributed by atoms with Gasteiger partial charge in [-0.05, 0) is 155 Å². The molecule has 17 rings (SSSR count). The van der Waals surface area contributed by atoms with Gasteiger partial charge in [-0.3, -0.25) is 4.31 Å². The Bertz CT molecular complexity index is 4330. The van der Waals surface area contributed by atoms with Gasteiger partial charge in [-0.2, -0.15) is 0 Å². The van der Waals surface area contributed by atoms with Gasteiger partial charge in [0.05, 0.1) is 22.7 Å². The second-order valence-electron chi connectivity index (χ2n) is 20.6. The summed E-state index contributed by atoms with van der Waals surface area (Å²) in [7, 11) is 0. The molecule has 0 aliphatic carbocycles. The topological polar surface area (TPSA) is 40.2 Å².